The smallest absolute Gasteiger partial charge is 0.260 e. The highest BCUT2D eigenvalue weighted by Gasteiger charge is 2.20. The van der Waals surface area contributed by atoms with Gasteiger partial charge >= 0.3 is 0 Å². The van der Waals surface area contributed by atoms with Crippen molar-refractivity contribution in [2.45, 2.75) is 16.3 Å². The Hall–Kier alpha value is -4.03. The molecule has 1 aliphatic rings. The standard InChI is InChI=1S/C28H22N4OS/c1-31-24-12-6-7-13-26(24)34-27-16-19(14-15-25(27)31)17-29-30-28(33)18-32-22-10-4-2-8-20(22)21-9-3-5-11-23(21)32/h2-17H,18H2,1H3,(H,30,33)/b29-17+. The van der Waals surface area contributed by atoms with Crippen molar-refractivity contribution < 1.29 is 4.79 Å². The van der Waals surface area contributed by atoms with Gasteiger partial charge < -0.3 is 9.47 Å². The van der Waals surface area contributed by atoms with E-state index in [-0.39, 0.29) is 12.5 Å². The number of hydrogen-bond acceptors (Lipinski definition) is 4. The minimum absolute atomic E-state index is 0.163. The van der Waals surface area contributed by atoms with Crippen LogP contribution in [0.4, 0.5) is 11.4 Å². The number of carbonyl (C=O) groups excluding carboxylic acids is 1. The summed E-state index contributed by atoms with van der Waals surface area (Å²) >= 11 is 1.75. The Morgan fingerprint density at radius 2 is 1.50 bits per heavy atom. The zero-order chi connectivity index (χ0) is 23.1. The summed E-state index contributed by atoms with van der Waals surface area (Å²) in [6, 6.07) is 30.9. The third-order valence-electron chi connectivity index (χ3n) is 6.18. The van der Waals surface area contributed by atoms with E-state index >= 15 is 0 Å². The Morgan fingerprint density at radius 3 is 2.26 bits per heavy atom. The number of rotatable bonds is 4. The van der Waals surface area contributed by atoms with E-state index in [1.807, 2.05) is 47.0 Å². The third kappa shape index (κ3) is 3.53. The summed E-state index contributed by atoms with van der Waals surface area (Å²) in [7, 11) is 2.08. The molecule has 6 rings (SSSR count). The van der Waals surface area contributed by atoms with Crippen molar-refractivity contribution in [1.29, 1.82) is 0 Å². The molecule has 0 saturated carbocycles. The van der Waals surface area contributed by atoms with Gasteiger partial charge in [-0.3, -0.25) is 4.79 Å². The fraction of sp³-hybridized carbons (Fsp3) is 0.0714. The highest BCUT2D eigenvalue weighted by Crippen LogP contribution is 2.47. The number of para-hydroxylation sites is 3. The highest BCUT2D eigenvalue weighted by molar-refractivity contribution is 7.99. The first-order chi connectivity index (χ1) is 16.7. The van der Waals surface area contributed by atoms with Crippen molar-refractivity contribution in [3.63, 3.8) is 0 Å². The summed E-state index contributed by atoms with van der Waals surface area (Å²) in [5, 5.41) is 6.53. The maximum Gasteiger partial charge on any atom is 0.260 e. The second-order valence-corrected chi connectivity index (χ2v) is 9.35. The second kappa shape index (κ2) is 8.39. The third-order valence-corrected chi connectivity index (χ3v) is 7.29. The summed E-state index contributed by atoms with van der Waals surface area (Å²) in [5.41, 5.74) is 8.09. The normalized spacial score (nSPS) is 12.8. The molecule has 34 heavy (non-hydrogen) atoms. The van der Waals surface area contributed by atoms with Crippen LogP contribution in [0.2, 0.25) is 0 Å². The lowest BCUT2D eigenvalue weighted by atomic mass is 10.2. The van der Waals surface area contributed by atoms with Crippen LogP contribution < -0.4 is 10.3 Å². The number of carbonyl (C=O) groups is 1. The van der Waals surface area contributed by atoms with Crippen molar-refractivity contribution in [3.05, 3.63) is 96.6 Å². The number of hydrazone groups is 1. The first-order valence-corrected chi connectivity index (χ1v) is 11.9. The molecule has 1 aromatic heterocycles. The topological polar surface area (TPSA) is 49.6 Å². The molecule has 0 radical (unpaired) electrons. The Balaban J connectivity index is 1.20. The first kappa shape index (κ1) is 20.6. The summed E-state index contributed by atoms with van der Waals surface area (Å²) in [6.07, 6.45) is 1.70. The van der Waals surface area contributed by atoms with Crippen LogP contribution in [0.25, 0.3) is 21.8 Å². The van der Waals surface area contributed by atoms with Crippen LogP contribution in [0.15, 0.2) is 106 Å². The number of nitrogens with one attached hydrogen (secondary N) is 1. The summed E-state index contributed by atoms with van der Waals surface area (Å²) < 4.78 is 2.04. The molecule has 1 aliphatic heterocycles. The van der Waals surface area contributed by atoms with Crippen LogP contribution in [0, 0.1) is 0 Å². The van der Waals surface area contributed by atoms with E-state index < -0.39 is 0 Å². The SMILES string of the molecule is CN1c2ccccc2Sc2cc(/C=N/NC(=O)Cn3c4ccccc4c4ccccc43)ccc21. The first-order valence-electron chi connectivity index (χ1n) is 11.1. The maximum absolute atomic E-state index is 12.7. The molecule has 0 aliphatic carbocycles. The monoisotopic (exact) mass is 462 g/mol. The van der Waals surface area contributed by atoms with E-state index in [9.17, 15) is 4.79 Å². The van der Waals surface area contributed by atoms with Gasteiger partial charge in [-0.1, -0.05) is 66.4 Å². The molecule has 4 aromatic carbocycles. The molecule has 0 spiro atoms. The van der Waals surface area contributed by atoms with Gasteiger partial charge in [-0.2, -0.15) is 5.10 Å². The molecular formula is C28H22N4OS. The number of anilines is 2. The molecule has 5 nitrogen and oxygen atoms in total. The molecule has 0 fully saturated rings. The van der Waals surface area contributed by atoms with Gasteiger partial charge in [0.2, 0.25) is 0 Å². The molecular weight excluding hydrogens is 440 g/mol. The van der Waals surface area contributed by atoms with Gasteiger partial charge in [0.15, 0.2) is 0 Å². The average Bonchev–Trinajstić information content (AvgIpc) is 3.18. The molecule has 0 unspecified atom stereocenters. The number of amides is 1. The van der Waals surface area contributed by atoms with Crippen LogP contribution in [0.1, 0.15) is 5.56 Å². The number of hydrogen-bond donors (Lipinski definition) is 1. The van der Waals surface area contributed by atoms with Gasteiger partial charge in [-0.25, -0.2) is 5.43 Å². The van der Waals surface area contributed by atoms with E-state index in [2.05, 4.69) is 71.0 Å². The van der Waals surface area contributed by atoms with Crippen molar-refractivity contribution in [2.24, 2.45) is 5.10 Å². The Bertz CT molecular complexity index is 1530. The molecule has 0 saturated heterocycles. The molecule has 2 heterocycles. The predicted molar refractivity (Wildman–Crippen MR) is 140 cm³/mol. The maximum atomic E-state index is 12.7. The van der Waals surface area contributed by atoms with Gasteiger partial charge in [0.05, 0.1) is 17.6 Å². The molecule has 1 amide bonds. The van der Waals surface area contributed by atoms with Crippen LogP contribution >= 0.6 is 11.8 Å². The van der Waals surface area contributed by atoms with Gasteiger partial charge in [0.1, 0.15) is 6.54 Å². The molecule has 6 heteroatoms. The number of benzene rings is 4. The molecule has 1 N–H and O–H groups in total. The van der Waals surface area contributed by atoms with E-state index in [0.29, 0.717) is 0 Å². The lowest BCUT2D eigenvalue weighted by molar-refractivity contribution is -0.121. The fourth-order valence-corrected chi connectivity index (χ4v) is 5.77. The lowest BCUT2D eigenvalue weighted by Gasteiger charge is -2.29. The molecule has 166 valence electrons. The number of fused-ring (bicyclic) bond motifs is 5. The van der Waals surface area contributed by atoms with Gasteiger partial charge in [-0.05, 0) is 42.0 Å². The second-order valence-electron chi connectivity index (χ2n) is 8.27. The van der Waals surface area contributed by atoms with Crippen molar-refractivity contribution in [2.75, 3.05) is 11.9 Å². The van der Waals surface area contributed by atoms with Crippen LogP contribution in [-0.2, 0) is 11.3 Å². The minimum Gasteiger partial charge on any atom is -0.343 e. The molecule has 0 bridgehead atoms. The van der Waals surface area contributed by atoms with E-state index in [0.717, 1.165) is 33.1 Å². The summed E-state index contributed by atoms with van der Waals surface area (Å²) in [5.74, 6) is -0.163. The van der Waals surface area contributed by atoms with Gasteiger partial charge in [-0.15, -0.1) is 0 Å². The van der Waals surface area contributed by atoms with Crippen molar-refractivity contribution in [3.8, 4) is 0 Å². The lowest BCUT2D eigenvalue weighted by Crippen LogP contribution is -2.23. The average molecular weight is 463 g/mol. The van der Waals surface area contributed by atoms with E-state index in [1.165, 1.54) is 15.5 Å². The van der Waals surface area contributed by atoms with Gasteiger partial charge in [0, 0.05) is 38.6 Å². The van der Waals surface area contributed by atoms with Crippen LogP contribution in [-0.4, -0.2) is 23.7 Å². The predicted octanol–water partition coefficient (Wildman–Crippen LogP) is 6.18. The Morgan fingerprint density at radius 1 is 0.853 bits per heavy atom. The van der Waals surface area contributed by atoms with E-state index in [1.54, 1.807) is 18.0 Å². The number of nitrogens with zero attached hydrogens (tertiary/aromatic N) is 3. The van der Waals surface area contributed by atoms with Crippen LogP contribution in [0.5, 0.6) is 0 Å². The Kier molecular flexibility index (Phi) is 5.08. The zero-order valence-corrected chi connectivity index (χ0v) is 19.4. The quantitative estimate of drug-likeness (QED) is 0.256. The van der Waals surface area contributed by atoms with Gasteiger partial charge in [0.25, 0.3) is 5.91 Å². The zero-order valence-electron chi connectivity index (χ0n) is 18.6. The number of aromatic nitrogens is 1. The highest BCUT2D eigenvalue weighted by atomic mass is 32.2. The van der Waals surface area contributed by atoms with Crippen molar-refractivity contribution in [1.82, 2.24) is 9.99 Å². The Labute approximate surface area is 201 Å². The minimum atomic E-state index is -0.163. The fourth-order valence-electron chi connectivity index (χ4n) is 4.57. The summed E-state index contributed by atoms with van der Waals surface area (Å²) in [4.78, 5) is 17.3. The van der Waals surface area contributed by atoms with Crippen LogP contribution in [0.3, 0.4) is 0 Å². The van der Waals surface area contributed by atoms with Crippen molar-refractivity contribution >= 4 is 57.1 Å². The molecule has 5 aromatic rings. The summed E-state index contributed by atoms with van der Waals surface area (Å²) in [6.45, 7) is 0.201. The largest absolute Gasteiger partial charge is 0.343 e. The molecule has 0 atom stereocenters. The van der Waals surface area contributed by atoms with E-state index in [4.69, 9.17) is 0 Å².